The van der Waals surface area contributed by atoms with Gasteiger partial charge in [-0.1, -0.05) is 41.0 Å². The number of carbonyl (C=O) groups is 1. The van der Waals surface area contributed by atoms with Gasteiger partial charge in [0.1, 0.15) is 0 Å². The predicted octanol–water partition coefficient (Wildman–Crippen LogP) is 3.78. The van der Waals surface area contributed by atoms with Crippen molar-refractivity contribution < 1.29 is 17.7 Å². The van der Waals surface area contributed by atoms with Gasteiger partial charge in [-0.2, -0.15) is 4.98 Å². The first-order valence-corrected chi connectivity index (χ1v) is 11.7. The van der Waals surface area contributed by atoms with E-state index in [1.807, 2.05) is 0 Å². The first-order valence-electron chi connectivity index (χ1n) is 9.88. The molecule has 0 aliphatic rings. The highest BCUT2D eigenvalue weighted by Crippen LogP contribution is 2.30. The Morgan fingerprint density at radius 2 is 2.03 bits per heavy atom. The number of halogens is 1. The average molecular weight is 475 g/mol. The molecule has 3 aromatic rings. The predicted molar refractivity (Wildman–Crippen MR) is 122 cm³/mol. The molecule has 3 rings (SSSR count). The smallest absolute Gasteiger partial charge is 0.264 e. The molecule has 32 heavy (non-hydrogen) atoms. The highest BCUT2D eigenvalue weighted by molar-refractivity contribution is 7.92. The second-order valence-electron chi connectivity index (χ2n) is 6.90. The molecule has 168 valence electrons. The van der Waals surface area contributed by atoms with Crippen LogP contribution in [0.1, 0.15) is 28.5 Å². The van der Waals surface area contributed by atoms with Gasteiger partial charge >= 0.3 is 0 Å². The molecular weight excluding hydrogens is 452 g/mol. The van der Waals surface area contributed by atoms with Gasteiger partial charge < -0.3 is 9.84 Å². The summed E-state index contributed by atoms with van der Waals surface area (Å²) in [4.78, 5) is 16.6. The molecule has 1 amide bonds. The van der Waals surface area contributed by atoms with E-state index >= 15 is 0 Å². The average Bonchev–Trinajstić information content (AvgIpc) is 3.20. The zero-order chi connectivity index (χ0) is 23.1. The van der Waals surface area contributed by atoms with E-state index in [-0.39, 0.29) is 22.9 Å². The van der Waals surface area contributed by atoms with Crippen LogP contribution >= 0.6 is 11.6 Å². The van der Waals surface area contributed by atoms with Crippen LogP contribution < -0.4 is 9.62 Å². The molecule has 0 atom stereocenters. The molecule has 1 aromatic heterocycles. The monoisotopic (exact) mass is 474 g/mol. The molecule has 0 aliphatic heterocycles. The van der Waals surface area contributed by atoms with E-state index in [9.17, 15) is 13.2 Å². The zero-order valence-electron chi connectivity index (χ0n) is 17.5. The summed E-state index contributed by atoms with van der Waals surface area (Å²) in [5.74, 6) is 0.688. The van der Waals surface area contributed by atoms with Crippen molar-refractivity contribution >= 4 is 33.2 Å². The number of nitrogens with zero attached hydrogens (tertiary/aromatic N) is 3. The molecule has 8 nitrogen and oxygen atoms in total. The third kappa shape index (κ3) is 5.54. The molecule has 0 saturated heterocycles. The third-order valence-electron chi connectivity index (χ3n) is 4.52. The minimum Gasteiger partial charge on any atom is -0.352 e. The Labute approximate surface area is 191 Å². The maximum Gasteiger partial charge on any atom is 0.264 e. The van der Waals surface area contributed by atoms with Gasteiger partial charge in [-0.15, -0.1) is 6.58 Å². The van der Waals surface area contributed by atoms with E-state index in [1.165, 1.54) is 24.3 Å². The summed E-state index contributed by atoms with van der Waals surface area (Å²) in [6.45, 7) is 5.78. The lowest BCUT2D eigenvalue weighted by Crippen LogP contribution is -2.32. The molecule has 0 saturated carbocycles. The van der Waals surface area contributed by atoms with Gasteiger partial charge in [-0.3, -0.25) is 9.10 Å². The number of benzene rings is 2. The lowest BCUT2D eigenvalue weighted by Gasteiger charge is -2.24. The first-order chi connectivity index (χ1) is 15.3. The maximum absolute atomic E-state index is 13.3. The largest absolute Gasteiger partial charge is 0.352 e. The zero-order valence-corrected chi connectivity index (χ0v) is 19.1. The van der Waals surface area contributed by atoms with E-state index in [0.717, 1.165) is 4.31 Å². The normalized spacial score (nSPS) is 11.2. The molecule has 0 bridgehead atoms. The van der Waals surface area contributed by atoms with E-state index in [1.54, 1.807) is 37.3 Å². The van der Waals surface area contributed by atoms with Crippen molar-refractivity contribution in [3.05, 3.63) is 83.5 Å². The van der Waals surface area contributed by atoms with Gasteiger partial charge in [0.05, 0.1) is 22.2 Å². The SMILES string of the molecule is C=CCN(c1ccccc1Cl)S(=O)(=O)c1cccc(C(=O)NCCCc2nc(C)no2)c1. The molecular formula is C22H23ClN4O4S. The molecule has 0 unspecified atom stereocenters. The fourth-order valence-electron chi connectivity index (χ4n) is 3.01. The standard InChI is InChI=1S/C22H23ClN4O4S/c1-3-14-27(20-11-5-4-10-19(20)23)32(29,30)18-9-6-8-17(15-18)22(28)24-13-7-12-21-25-16(2)26-31-21/h3-6,8-11,15H,1,7,12-14H2,2H3,(H,24,28). The molecule has 0 aliphatic carbocycles. The fraction of sp³-hybridized carbons (Fsp3) is 0.227. The van der Waals surface area contributed by atoms with Crippen LogP contribution in [0.3, 0.4) is 0 Å². The van der Waals surface area contributed by atoms with Crippen LogP contribution in [-0.4, -0.2) is 37.6 Å². The lowest BCUT2D eigenvalue weighted by atomic mass is 10.2. The maximum atomic E-state index is 13.3. The molecule has 10 heteroatoms. The molecule has 1 heterocycles. The summed E-state index contributed by atoms with van der Waals surface area (Å²) in [5.41, 5.74) is 0.567. The second-order valence-corrected chi connectivity index (χ2v) is 9.17. The van der Waals surface area contributed by atoms with E-state index < -0.39 is 10.0 Å². The van der Waals surface area contributed by atoms with Gasteiger partial charge in [0.15, 0.2) is 5.82 Å². The minimum atomic E-state index is -3.98. The Bertz CT molecular complexity index is 1210. The van der Waals surface area contributed by atoms with Crippen molar-refractivity contribution in [2.45, 2.75) is 24.7 Å². The summed E-state index contributed by atoms with van der Waals surface area (Å²) in [7, 11) is -3.98. The van der Waals surface area contributed by atoms with Crippen molar-refractivity contribution in [3.8, 4) is 0 Å². The topological polar surface area (TPSA) is 105 Å². The number of sulfonamides is 1. The quantitative estimate of drug-likeness (QED) is 0.354. The van der Waals surface area contributed by atoms with Crippen LogP contribution in [0.25, 0.3) is 0 Å². The number of nitrogens with one attached hydrogen (secondary N) is 1. The highest BCUT2D eigenvalue weighted by atomic mass is 35.5. The molecule has 0 radical (unpaired) electrons. The van der Waals surface area contributed by atoms with Gasteiger partial charge in [0.25, 0.3) is 15.9 Å². The summed E-state index contributed by atoms with van der Waals surface area (Å²) < 4.78 is 32.9. The Hall–Kier alpha value is -3.17. The minimum absolute atomic E-state index is 0.0201. The van der Waals surface area contributed by atoms with Crippen molar-refractivity contribution in [2.24, 2.45) is 0 Å². The van der Waals surface area contributed by atoms with Crippen molar-refractivity contribution in [1.82, 2.24) is 15.5 Å². The van der Waals surface area contributed by atoms with E-state index in [2.05, 4.69) is 22.0 Å². The molecule has 1 N–H and O–H groups in total. The van der Waals surface area contributed by atoms with Crippen LogP contribution in [0, 0.1) is 6.92 Å². The third-order valence-corrected chi connectivity index (χ3v) is 6.62. The Kier molecular flexibility index (Phi) is 7.66. The fourth-order valence-corrected chi connectivity index (χ4v) is 4.80. The van der Waals surface area contributed by atoms with Crippen molar-refractivity contribution in [1.29, 1.82) is 0 Å². The van der Waals surface area contributed by atoms with Crippen LogP contribution in [0.4, 0.5) is 5.69 Å². The summed E-state index contributed by atoms with van der Waals surface area (Å²) in [6.07, 6.45) is 2.61. The number of hydrogen-bond donors (Lipinski definition) is 1. The van der Waals surface area contributed by atoms with Crippen molar-refractivity contribution in [3.63, 3.8) is 0 Å². The van der Waals surface area contributed by atoms with Crippen molar-refractivity contribution in [2.75, 3.05) is 17.4 Å². The number of para-hydroxylation sites is 1. The number of rotatable bonds is 10. The lowest BCUT2D eigenvalue weighted by molar-refractivity contribution is 0.0952. The number of amides is 1. The van der Waals surface area contributed by atoms with E-state index in [0.29, 0.717) is 41.8 Å². The summed E-state index contributed by atoms with van der Waals surface area (Å²) >= 11 is 6.23. The summed E-state index contributed by atoms with van der Waals surface area (Å²) in [5, 5.41) is 6.79. The number of hydrogen-bond acceptors (Lipinski definition) is 6. The molecule has 0 spiro atoms. The Balaban J connectivity index is 1.73. The van der Waals surface area contributed by atoms with Crippen LogP contribution in [0.2, 0.25) is 5.02 Å². The van der Waals surface area contributed by atoms with Gasteiger partial charge in [-0.05, 0) is 43.7 Å². The highest BCUT2D eigenvalue weighted by Gasteiger charge is 2.26. The number of aryl methyl sites for hydroxylation is 2. The van der Waals surface area contributed by atoms with Crippen LogP contribution in [0.5, 0.6) is 0 Å². The first kappa shape index (κ1) is 23.5. The van der Waals surface area contributed by atoms with Gasteiger partial charge in [-0.25, -0.2) is 8.42 Å². The number of carbonyl (C=O) groups excluding carboxylic acids is 1. The van der Waals surface area contributed by atoms with Crippen LogP contribution in [0.15, 0.2) is 70.6 Å². The Morgan fingerprint density at radius 3 is 2.72 bits per heavy atom. The molecule has 0 fully saturated rings. The summed E-state index contributed by atoms with van der Waals surface area (Å²) in [6, 6.07) is 12.5. The van der Waals surface area contributed by atoms with Gasteiger partial charge in [0, 0.05) is 18.5 Å². The number of aromatic nitrogens is 2. The van der Waals surface area contributed by atoms with Gasteiger partial charge in [0.2, 0.25) is 5.89 Å². The van der Waals surface area contributed by atoms with Crippen LogP contribution in [-0.2, 0) is 16.4 Å². The second kappa shape index (κ2) is 10.4. The van der Waals surface area contributed by atoms with E-state index in [4.69, 9.17) is 16.1 Å². The Morgan fingerprint density at radius 1 is 1.25 bits per heavy atom. The molecule has 2 aromatic carbocycles. The number of anilines is 1.